The van der Waals surface area contributed by atoms with Crippen molar-refractivity contribution in [2.45, 2.75) is 58.0 Å². The van der Waals surface area contributed by atoms with E-state index in [0.29, 0.717) is 5.92 Å². The van der Waals surface area contributed by atoms with E-state index < -0.39 is 11.5 Å². The number of carboxylic acids is 1. The van der Waals surface area contributed by atoms with Gasteiger partial charge < -0.3 is 14.9 Å². The Morgan fingerprint density at radius 2 is 1.79 bits per heavy atom. The van der Waals surface area contributed by atoms with Crippen molar-refractivity contribution in [3.05, 3.63) is 0 Å². The fourth-order valence-electron chi connectivity index (χ4n) is 2.53. The molecule has 0 saturated heterocycles. The lowest BCUT2D eigenvalue weighted by Gasteiger charge is -2.39. The molecule has 1 rings (SSSR count). The molecule has 0 aromatic heterocycles. The van der Waals surface area contributed by atoms with Gasteiger partial charge in [0.05, 0.1) is 0 Å². The van der Waals surface area contributed by atoms with Gasteiger partial charge in [-0.05, 0) is 32.6 Å². The van der Waals surface area contributed by atoms with E-state index in [-0.39, 0.29) is 12.1 Å². The van der Waals surface area contributed by atoms with E-state index in [9.17, 15) is 14.7 Å². The molecule has 1 aliphatic carbocycles. The molecule has 0 aromatic carbocycles. The maximum atomic E-state index is 12.4. The number of nitrogens with zero attached hydrogens (tertiary/aromatic N) is 2. The van der Waals surface area contributed by atoms with Crippen LogP contribution in [0.15, 0.2) is 0 Å². The molecule has 2 atom stereocenters. The van der Waals surface area contributed by atoms with Crippen molar-refractivity contribution >= 4 is 12.0 Å². The van der Waals surface area contributed by atoms with Crippen LogP contribution < -0.4 is 0 Å². The predicted octanol–water partition coefficient (Wildman–Crippen LogP) is 2.41. The first-order valence-corrected chi connectivity index (χ1v) is 6.92. The first-order valence-electron chi connectivity index (χ1n) is 6.92. The quantitative estimate of drug-likeness (QED) is 0.856. The third-order valence-corrected chi connectivity index (χ3v) is 4.41. The molecular weight excluding hydrogens is 244 g/mol. The summed E-state index contributed by atoms with van der Waals surface area (Å²) >= 11 is 0. The van der Waals surface area contributed by atoms with Crippen LogP contribution >= 0.6 is 0 Å². The maximum Gasteiger partial charge on any atom is 0.329 e. The minimum absolute atomic E-state index is 0.216. The number of carboxylic acid groups (broad SMARTS) is 1. The number of amides is 2. The van der Waals surface area contributed by atoms with Crippen molar-refractivity contribution in [3.8, 4) is 0 Å². The molecule has 2 amide bonds. The van der Waals surface area contributed by atoms with Crippen molar-refractivity contribution in [3.63, 3.8) is 0 Å². The highest BCUT2D eigenvalue weighted by Crippen LogP contribution is 2.27. The van der Waals surface area contributed by atoms with Crippen LogP contribution in [0.4, 0.5) is 4.79 Å². The van der Waals surface area contributed by atoms with E-state index in [1.807, 2.05) is 0 Å². The van der Waals surface area contributed by atoms with E-state index >= 15 is 0 Å². The second kappa shape index (κ2) is 5.80. The summed E-state index contributed by atoms with van der Waals surface area (Å²) in [6.45, 7) is 5.30. The summed E-state index contributed by atoms with van der Waals surface area (Å²) in [5.74, 6) is -0.361. The molecule has 5 nitrogen and oxygen atoms in total. The zero-order valence-corrected chi connectivity index (χ0v) is 12.6. The Morgan fingerprint density at radius 1 is 1.21 bits per heavy atom. The molecule has 1 N–H and O–H groups in total. The SMILES string of the molecule is CC1CCCC(N(C)C(=O)N(C)C(C)(C)C(=O)O)C1. The number of carbonyl (C=O) groups is 2. The average Bonchev–Trinajstić information content (AvgIpc) is 2.35. The van der Waals surface area contributed by atoms with Gasteiger partial charge in [-0.3, -0.25) is 0 Å². The summed E-state index contributed by atoms with van der Waals surface area (Å²) in [5.41, 5.74) is -1.19. The van der Waals surface area contributed by atoms with E-state index in [1.54, 1.807) is 32.8 Å². The molecule has 0 radical (unpaired) electrons. The average molecular weight is 270 g/mol. The van der Waals surface area contributed by atoms with Gasteiger partial charge in [0.1, 0.15) is 5.54 Å². The lowest BCUT2D eigenvalue weighted by atomic mass is 9.86. The van der Waals surface area contributed by atoms with E-state index in [4.69, 9.17) is 0 Å². The van der Waals surface area contributed by atoms with Crippen LogP contribution in [-0.4, -0.2) is 52.6 Å². The molecule has 110 valence electrons. The van der Waals surface area contributed by atoms with Gasteiger partial charge in [0.25, 0.3) is 0 Å². The number of urea groups is 1. The summed E-state index contributed by atoms with van der Waals surface area (Å²) in [6.07, 6.45) is 4.36. The molecule has 1 fully saturated rings. The van der Waals surface area contributed by atoms with Gasteiger partial charge in [0, 0.05) is 20.1 Å². The summed E-state index contributed by atoms with van der Waals surface area (Å²) < 4.78 is 0. The van der Waals surface area contributed by atoms with E-state index in [2.05, 4.69) is 6.92 Å². The Bertz CT molecular complexity index is 355. The third kappa shape index (κ3) is 3.39. The van der Waals surface area contributed by atoms with Crippen LogP contribution in [0, 0.1) is 5.92 Å². The Morgan fingerprint density at radius 3 is 2.26 bits per heavy atom. The van der Waals surface area contributed by atoms with Gasteiger partial charge in [0.2, 0.25) is 0 Å². The minimum atomic E-state index is -1.19. The molecule has 0 spiro atoms. The number of rotatable bonds is 3. The van der Waals surface area contributed by atoms with Crippen LogP contribution in [-0.2, 0) is 4.79 Å². The Labute approximate surface area is 115 Å². The van der Waals surface area contributed by atoms with Gasteiger partial charge in [-0.2, -0.15) is 0 Å². The normalized spacial score (nSPS) is 23.8. The van der Waals surface area contributed by atoms with Crippen molar-refractivity contribution < 1.29 is 14.7 Å². The lowest BCUT2D eigenvalue weighted by molar-refractivity contribution is -0.147. The molecular formula is C14H26N2O3. The van der Waals surface area contributed by atoms with E-state index in [1.165, 1.54) is 11.3 Å². The maximum absolute atomic E-state index is 12.4. The van der Waals surface area contributed by atoms with Crippen molar-refractivity contribution in [2.75, 3.05) is 14.1 Å². The summed E-state index contributed by atoms with van der Waals surface area (Å²) in [6, 6.07) is 0.00907. The molecule has 5 heteroatoms. The van der Waals surface area contributed by atoms with Crippen molar-refractivity contribution in [2.24, 2.45) is 5.92 Å². The molecule has 2 unspecified atom stereocenters. The monoisotopic (exact) mass is 270 g/mol. The van der Waals surface area contributed by atoms with Crippen LogP contribution in [0.3, 0.4) is 0 Å². The smallest absolute Gasteiger partial charge is 0.329 e. The zero-order valence-electron chi connectivity index (χ0n) is 12.6. The number of hydrogen-bond donors (Lipinski definition) is 1. The highest BCUT2D eigenvalue weighted by atomic mass is 16.4. The van der Waals surface area contributed by atoms with E-state index in [0.717, 1.165) is 19.3 Å². The largest absolute Gasteiger partial charge is 0.480 e. The van der Waals surface area contributed by atoms with Gasteiger partial charge >= 0.3 is 12.0 Å². The van der Waals surface area contributed by atoms with Crippen LogP contribution in [0.2, 0.25) is 0 Å². The Kier molecular flexibility index (Phi) is 4.82. The third-order valence-electron chi connectivity index (χ3n) is 4.41. The predicted molar refractivity (Wildman–Crippen MR) is 74.1 cm³/mol. The molecule has 0 bridgehead atoms. The highest BCUT2D eigenvalue weighted by molar-refractivity contribution is 5.85. The summed E-state index contributed by atoms with van der Waals surface area (Å²) in [5, 5.41) is 9.18. The Balaban J connectivity index is 2.73. The fourth-order valence-corrected chi connectivity index (χ4v) is 2.53. The topological polar surface area (TPSA) is 60.9 Å². The molecule has 1 saturated carbocycles. The van der Waals surface area contributed by atoms with Crippen LogP contribution in [0.5, 0.6) is 0 Å². The van der Waals surface area contributed by atoms with Gasteiger partial charge in [0.15, 0.2) is 0 Å². The van der Waals surface area contributed by atoms with Gasteiger partial charge in [-0.15, -0.1) is 0 Å². The molecule has 0 aliphatic heterocycles. The second-order valence-electron chi connectivity index (χ2n) is 6.24. The summed E-state index contributed by atoms with van der Waals surface area (Å²) in [7, 11) is 3.33. The van der Waals surface area contributed by atoms with Gasteiger partial charge in [-0.1, -0.05) is 19.8 Å². The Hall–Kier alpha value is -1.26. The number of aliphatic carboxylic acids is 1. The number of likely N-dealkylation sites (N-methyl/N-ethyl adjacent to an activating group) is 1. The van der Waals surface area contributed by atoms with Crippen molar-refractivity contribution in [1.82, 2.24) is 9.80 Å². The van der Waals surface area contributed by atoms with Crippen LogP contribution in [0.25, 0.3) is 0 Å². The highest BCUT2D eigenvalue weighted by Gasteiger charge is 2.38. The van der Waals surface area contributed by atoms with Crippen molar-refractivity contribution in [1.29, 1.82) is 0 Å². The molecule has 1 aliphatic rings. The van der Waals surface area contributed by atoms with Gasteiger partial charge in [-0.25, -0.2) is 9.59 Å². The minimum Gasteiger partial charge on any atom is -0.480 e. The molecule has 0 heterocycles. The van der Waals surface area contributed by atoms with Crippen LogP contribution in [0.1, 0.15) is 46.5 Å². The molecule has 19 heavy (non-hydrogen) atoms. The standard InChI is InChI=1S/C14H26N2O3/c1-10-7-6-8-11(9-10)15(4)13(19)16(5)14(2,3)12(17)18/h10-11H,6-9H2,1-5H3,(H,17,18). The summed E-state index contributed by atoms with van der Waals surface area (Å²) in [4.78, 5) is 26.6. The zero-order chi connectivity index (χ0) is 14.8. The second-order valence-corrected chi connectivity index (χ2v) is 6.24. The fraction of sp³-hybridized carbons (Fsp3) is 0.857. The number of carbonyl (C=O) groups excluding carboxylic acids is 1. The lowest BCUT2D eigenvalue weighted by Crippen LogP contribution is -2.56. The first kappa shape index (κ1) is 15.8. The first-order chi connectivity index (χ1) is 8.67. The number of hydrogen-bond acceptors (Lipinski definition) is 2. The molecule has 0 aromatic rings.